The van der Waals surface area contributed by atoms with E-state index in [0.717, 1.165) is 29.1 Å². The van der Waals surface area contributed by atoms with Crippen LogP contribution in [0.3, 0.4) is 0 Å². The summed E-state index contributed by atoms with van der Waals surface area (Å²) >= 11 is 0. The highest BCUT2D eigenvalue weighted by Crippen LogP contribution is 2.50. The smallest absolute Gasteiger partial charge is 0.225 e. The Bertz CT molecular complexity index is 995. The molecule has 3 rings (SSSR count). The minimum atomic E-state index is -0.953. The molecule has 1 aromatic heterocycles. The van der Waals surface area contributed by atoms with Gasteiger partial charge in [-0.25, -0.2) is 14.4 Å². The van der Waals surface area contributed by atoms with Crippen LogP contribution < -0.4 is 4.90 Å². The monoisotopic (exact) mass is 443 g/mol. The summed E-state index contributed by atoms with van der Waals surface area (Å²) in [6.07, 6.45) is -1.88. The van der Waals surface area contributed by atoms with Gasteiger partial charge in [-0.3, -0.25) is 4.79 Å². The third kappa shape index (κ3) is 4.69. The second-order valence-electron chi connectivity index (χ2n) is 9.25. The molecule has 7 heteroatoms. The van der Waals surface area contributed by atoms with Crippen LogP contribution in [0.1, 0.15) is 82.0 Å². The van der Waals surface area contributed by atoms with Crippen molar-refractivity contribution in [3.8, 4) is 11.3 Å². The van der Waals surface area contributed by atoms with Crippen molar-refractivity contribution in [2.45, 2.75) is 77.4 Å². The molecule has 0 spiro atoms. The molecule has 0 saturated carbocycles. The lowest BCUT2D eigenvalue weighted by atomic mass is 9.69. The first-order chi connectivity index (χ1) is 15.0. The molecule has 0 amide bonds. The predicted molar refractivity (Wildman–Crippen MR) is 124 cm³/mol. The van der Waals surface area contributed by atoms with Gasteiger partial charge in [-0.15, -0.1) is 0 Å². The van der Waals surface area contributed by atoms with Gasteiger partial charge in [-0.1, -0.05) is 20.8 Å². The first-order valence-electron chi connectivity index (χ1n) is 11.3. The Kier molecular flexibility index (Phi) is 7.30. The third-order valence-corrected chi connectivity index (χ3v) is 6.40. The van der Waals surface area contributed by atoms with Crippen LogP contribution in [0.15, 0.2) is 18.2 Å². The fraction of sp³-hybridized carbons (Fsp3) is 0.560. The van der Waals surface area contributed by atoms with Gasteiger partial charge in [0.15, 0.2) is 0 Å². The number of hydrogen-bond donors (Lipinski definition) is 2. The van der Waals surface area contributed by atoms with Gasteiger partial charge in [0.25, 0.3) is 0 Å². The fourth-order valence-corrected chi connectivity index (χ4v) is 4.74. The number of aliphatic hydroxyl groups is 2. The summed E-state index contributed by atoms with van der Waals surface area (Å²) in [4.78, 5) is 23.1. The molecule has 0 radical (unpaired) electrons. The van der Waals surface area contributed by atoms with Crippen molar-refractivity contribution < 1.29 is 19.4 Å². The van der Waals surface area contributed by atoms with E-state index in [0.29, 0.717) is 11.5 Å². The van der Waals surface area contributed by atoms with Gasteiger partial charge in [0.05, 0.1) is 23.6 Å². The number of anilines is 1. The summed E-state index contributed by atoms with van der Waals surface area (Å²) in [5.74, 6) is -0.427. The van der Waals surface area contributed by atoms with Gasteiger partial charge in [-0.2, -0.15) is 0 Å². The van der Waals surface area contributed by atoms with E-state index in [9.17, 15) is 19.4 Å². The topological polar surface area (TPSA) is 86.6 Å². The summed E-state index contributed by atoms with van der Waals surface area (Å²) < 4.78 is 14.3. The Labute approximate surface area is 189 Å². The minimum Gasteiger partial charge on any atom is -0.393 e. The van der Waals surface area contributed by atoms with Crippen molar-refractivity contribution in [1.82, 2.24) is 9.97 Å². The quantitative estimate of drug-likeness (QED) is 0.637. The molecule has 4 atom stereocenters. The van der Waals surface area contributed by atoms with E-state index in [4.69, 9.17) is 9.97 Å². The first-order valence-corrected chi connectivity index (χ1v) is 11.3. The lowest BCUT2D eigenvalue weighted by Gasteiger charge is -2.38. The van der Waals surface area contributed by atoms with E-state index in [2.05, 4.69) is 13.8 Å². The van der Waals surface area contributed by atoms with E-state index in [1.807, 2.05) is 25.8 Å². The Hall–Kier alpha value is -2.38. The van der Waals surface area contributed by atoms with Gasteiger partial charge in [-0.05, 0) is 49.4 Å². The molecule has 6 nitrogen and oxygen atoms in total. The molecule has 1 aliphatic rings. The summed E-state index contributed by atoms with van der Waals surface area (Å²) in [6, 6.07) is 4.58. The van der Waals surface area contributed by atoms with Crippen molar-refractivity contribution >= 4 is 11.7 Å². The molecule has 2 aromatic rings. The van der Waals surface area contributed by atoms with Gasteiger partial charge < -0.3 is 15.1 Å². The Morgan fingerprint density at radius 3 is 2.53 bits per heavy atom. The normalized spacial score (nSPS) is 19.3. The van der Waals surface area contributed by atoms with Gasteiger partial charge >= 0.3 is 0 Å². The van der Waals surface area contributed by atoms with Gasteiger partial charge in [0, 0.05) is 43.5 Å². The number of carbonyl (C=O) groups excluding carboxylic acids is 1. The summed E-state index contributed by atoms with van der Waals surface area (Å²) in [5, 5.41) is 21.4. The molecule has 2 N–H and O–H groups in total. The van der Waals surface area contributed by atoms with Crippen molar-refractivity contribution in [1.29, 1.82) is 0 Å². The zero-order valence-electron chi connectivity index (χ0n) is 19.8. The number of ketones is 1. The highest BCUT2D eigenvalue weighted by molar-refractivity contribution is 5.76. The average Bonchev–Trinajstić information content (AvgIpc) is 2.71. The average molecular weight is 444 g/mol. The molecule has 1 aromatic carbocycles. The van der Waals surface area contributed by atoms with Crippen LogP contribution in [0, 0.1) is 5.82 Å². The van der Waals surface area contributed by atoms with E-state index in [-0.39, 0.29) is 36.3 Å². The molecule has 0 aliphatic heterocycles. The summed E-state index contributed by atoms with van der Waals surface area (Å²) in [5.41, 5.74) is 4.09. The molecule has 1 heterocycles. The zero-order chi connectivity index (χ0) is 23.7. The number of halogens is 1. The molecule has 1 aliphatic carbocycles. The van der Waals surface area contributed by atoms with E-state index >= 15 is 0 Å². The highest BCUT2D eigenvalue weighted by atomic mass is 19.1. The van der Waals surface area contributed by atoms with Crippen molar-refractivity contribution in [3.63, 3.8) is 0 Å². The summed E-state index contributed by atoms with van der Waals surface area (Å²) in [6.45, 7) is 10.3. The second kappa shape index (κ2) is 9.63. The number of rotatable bonds is 8. The molecular weight excluding hydrogens is 409 g/mol. The number of aromatic nitrogens is 2. The molecular formula is C25H34FN3O3. The van der Waals surface area contributed by atoms with E-state index in [1.165, 1.54) is 19.1 Å². The first kappa shape index (κ1) is 24.3. The van der Waals surface area contributed by atoms with E-state index < -0.39 is 18.1 Å². The van der Waals surface area contributed by atoms with Crippen LogP contribution in [0.25, 0.3) is 11.3 Å². The third-order valence-electron chi connectivity index (χ3n) is 6.40. The van der Waals surface area contributed by atoms with Crippen LogP contribution >= 0.6 is 0 Å². The maximum Gasteiger partial charge on any atom is 0.225 e. The van der Waals surface area contributed by atoms with Crippen LogP contribution in [-0.4, -0.2) is 51.8 Å². The minimum absolute atomic E-state index is 0.0160. The maximum atomic E-state index is 14.3. The van der Waals surface area contributed by atoms with Crippen molar-refractivity contribution in [2.24, 2.45) is 0 Å². The Morgan fingerprint density at radius 1 is 1.25 bits per heavy atom. The number of fused-ring (bicyclic) bond motifs is 3. The SMILES string of the molecule is CCN(C)c1nc2c(c(C(C)C)n1)C(C)[C@@H]([C@@H](O)C[C@@H](O)CC(C)=O)c1cc(F)ccc1-2. The second-order valence-corrected chi connectivity index (χ2v) is 9.25. The standard InChI is InChI=1S/C25H34FN3O3/c1-7-29(6)25-27-23(13(2)3)22-15(5)21(20(32)12-17(31)10-14(4)30)19-11-16(26)8-9-18(19)24(22)28-25/h8-9,11,13,15,17,20-21,31-32H,7,10,12H2,1-6H3/t15?,17-,20-,21+/m0/s1. The van der Waals surface area contributed by atoms with Crippen LogP contribution in [-0.2, 0) is 4.79 Å². The molecule has 0 fully saturated rings. The molecule has 174 valence electrons. The van der Waals surface area contributed by atoms with Crippen LogP contribution in [0.5, 0.6) is 0 Å². The van der Waals surface area contributed by atoms with Crippen molar-refractivity contribution in [3.05, 3.63) is 40.8 Å². The lowest BCUT2D eigenvalue weighted by molar-refractivity contribution is -0.119. The number of nitrogens with zero attached hydrogens (tertiary/aromatic N) is 3. The molecule has 1 unspecified atom stereocenters. The molecule has 0 bridgehead atoms. The Balaban J connectivity index is 2.18. The largest absolute Gasteiger partial charge is 0.393 e. The lowest BCUT2D eigenvalue weighted by Crippen LogP contribution is -2.32. The van der Waals surface area contributed by atoms with Crippen LogP contribution in [0.4, 0.5) is 10.3 Å². The fourth-order valence-electron chi connectivity index (χ4n) is 4.74. The summed E-state index contributed by atoms with van der Waals surface area (Å²) in [7, 11) is 1.94. The van der Waals surface area contributed by atoms with Crippen LogP contribution in [0.2, 0.25) is 0 Å². The van der Waals surface area contributed by atoms with Crippen molar-refractivity contribution in [2.75, 3.05) is 18.5 Å². The predicted octanol–water partition coefficient (Wildman–Crippen LogP) is 4.15. The van der Waals surface area contributed by atoms with E-state index in [1.54, 1.807) is 6.07 Å². The number of Topliss-reactive ketones (excluding diaryl/α,β-unsaturated/α-hetero) is 1. The van der Waals surface area contributed by atoms with Gasteiger partial charge in [0.1, 0.15) is 11.6 Å². The molecule has 0 saturated heterocycles. The zero-order valence-corrected chi connectivity index (χ0v) is 19.8. The van der Waals surface area contributed by atoms with Gasteiger partial charge in [0.2, 0.25) is 5.95 Å². The number of hydrogen-bond acceptors (Lipinski definition) is 6. The molecule has 32 heavy (non-hydrogen) atoms. The Morgan fingerprint density at radius 2 is 1.94 bits per heavy atom. The highest BCUT2D eigenvalue weighted by Gasteiger charge is 2.39. The number of aliphatic hydroxyl groups excluding tert-OH is 2. The number of carbonyl (C=O) groups is 1. The number of benzene rings is 1. The maximum absolute atomic E-state index is 14.3.